The third kappa shape index (κ3) is 3.46. The van der Waals surface area contributed by atoms with Gasteiger partial charge in [-0.2, -0.15) is 10.4 Å². The average molecular weight is 390 g/mol. The molecule has 1 amide bonds. The lowest BCUT2D eigenvalue weighted by atomic mass is 9.98. The number of anilines is 2. The van der Waals surface area contributed by atoms with Crippen LogP contribution in [0, 0.1) is 11.3 Å². The summed E-state index contributed by atoms with van der Waals surface area (Å²) in [4.78, 5) is 18.0. The number of aromatic nitrogens is 3. The zero-order chi connectivity index (χ0) is 20.4. The minimum atomic E-state index is -0.00374. The van der Waals surface area contributed by atoms with E-state index in [1.54, 1.807) is 4.52 Å². The molecule has 1 aromatic carbocycles. The molecule has 4 rings (SSSR count). The van der Waals surface area contributed by atoms with Gasteiger partial charge in [-0.25, -0.2) is 9.50 Å². The standard InChI is InChI=1S/C20H22N8O/c1-23-14-4-2-13(3-5-14)18-15(6-7-21)16(10-27-9-8-24-17(29)11-27)28-19(18)20(22)25-12-26-28/h2-5,12,23H,6,8-11H2,1H3,(H,24,29)(H2,22,25,26). The fourth-order valence-corrected chi connectivity index (χ4v) is 3.81. The van der Waals surface area contributed by atoms with Gasteiger partial charge in [-0.3, -0.25) is 9.69 Å². The maximum absolute atomic E-state index is 11.8. The number of hydrogen-bond acceptors (Lipinski definition) is 7. The minimum absolute atomic E-state index is 0.00374. The van der Waals surface area contributed by atoms with E-state index in [9.17, 15) is 10.1 Å². The number of fused-ring (bicyclic) bond motifs is 1. The highest BCUT2D eigenvalue weighted by Gasteiger charge is 2.25. The molecule has 0 atom stereocenters. The van der Waals surface area contributed by atoms with Crippen LogP contribution < -0.4 is 16.4 Å². The number of piperazine rings is 1. The molecule has 0 unspecified atom stereocenters. The zero-order valence-electron chi connectivity index (χ0n) is 16.1. The topological polar surface area (TPSA) is 124 Å². The fraction of sp³-hybridized carbons (Fsp3) is 0.300. The van der Waals surface area contributed by atoms with E-state index in [4.69, 9.17) is 5.73 Å². The molecule has 3 aromatic rings. The molecule has 9 heteroatoms. The highest BCUT2D eigenvalue weighted by molar-refractivity contribution is 5.91. The van der Waals surface area contributed by atoms with Crippen molar-refractivity contribution in [3.05, 3.63) is 41.9 Å². The van der Waals surface area contributed by atoms with Gasteiger partial charge in [0.15, 0.2) is 5.82 Å². The zero-order valence-corrected chi connectivity index (χ0v) is 16.1. The first-order chi connectivity index (χ1) is 14.1. The Morgan fingerprint density at radius 2 is 2.14 bits per heavy atom. The second-order valence-corrected chi connectivity index (χ2v) is 6.93. The summed E-state index contributed by atoms with van der Waals surface area (Å²) < 4.78 is 1.77. The second kappa shape index (κ2) is 7.77. The van der Waals surface area contributed by atoms with E-state index < -0.39 is 0 Å². The smallest absolute Gasteiger partial charge is 0.234 e. The highest BCUT2D eigenvalue weighted by Crippen LogP contribution is 2.36. The molecule has 1 aliphatic heterocycles. The molecule has 0 aliphatic carbocycles. The molecule has 0 bridgehead atoms. The lowest BCUT2D eigenvalue weighted by Gasteiger charge is -2.26. The number of hydrogen-bond donors (Lipinski definition) is 3. The van der Waals surface area contributed by atoms with Crippen LogP contribution in [0.1, 0.15) is 11.3 Å². The van der Waals surface area contributed by atoms with Crippen LogP contribution in [0.15, 0.2) is 30.6 Å². The van der Waals surface area contributed by atoms with E-state index in [1.807, 2.05) is 36.2 Å². The first kappa shape index (κ1) is 18.7. The predicted molar refractivity (Wildman–Crippen MR) is 110 cm³/mol. The molecular weight excluding hydrogens is 368 g/mol. The molecule has 1 aliphatic rings. The van der Waals surface area contributed by atoms with Crippen LogP contribution in [0.25, 0.3) is 16.6 Å². The molecule has 9 nitrogen and oxygen atoms in total. The monoisotopic (exact) mass is 390 g/mol. The van der Waals surface area contributed by atoms with Gasteiger partial charge >= 0.3 is 0 Å². The molecule has 0 saturated carbocycles. The number of benzene rings is 1. The summed E-state index contributed by atoms with van der Waals surface area (Å²) in [5.41, 5.74) is 11.4. The molecule has 4 N–H and O–H groups in total. The Morgan fingerprint density at radius 1 is 1.34 bits per heavy atom. The number of nitrogen functional groups attached to an aromatic ring is 1. The lowest BCUT2D eigenvalue weighted by molar-refractivity contribution is -0.124. The summed E-state index contributed by atoms with van der Waals surface area (Å²) >= 11 is 0. The quantitative estimate of drug-likeness (QED) is 0.594. The Labute approximate surface area is 168 Å². The van der Waals surface area contributed by atoms with Gasteiger partial charge in [0.2, 0.25) is 5.91 Å². The minimum Gasteiger partial charge on any atom is -0.388 e. The number of carbonyl (C=O) groups is 1. The Bertz CT molecular complexity index is 1100. The van der Waals surface area contributed by atoms with E-state index in [0.717, 1.165) is 34.6 Å². The number of carbonyl (C=O) groups excluding carboxylic acids is 1. The summed E-state index contributed by atoms with van der Waals surface area (Å²) in [5.74, 6) is 0.352. The van der Waals surface area contributed by atoms with E-state index in [2.05, 4.69) is 26.8 Å². The summed E-state index contributed by atoms with van der Waals surface area (Å²) in [7, 11) is 1.86. The van der Waals surface area contributed by atoms with Crippen molar-refractivity contribution in [1.82, 2.24) is 24.8 Å². The van der Waals surface area contributed by atoms with Crippen molar-refractivity contribution >= 4 is 22.9 Å². The normalized spacial score (nSPS) is 14.6. The van der Waals surface area contributed by atoms with Crippen LogP contribution in [0.2, 0.25) is 0 Å². The van der Waals surface area contributed by atoms with Crippen molar-refractivity contribution in [2.75, 3.05) is 37.7 Å². The van der Waals surface area contributed by atoms with Crippen molar-refractivity contribution in [1.29, 1.82) is 5.26 Å². The van der Waals surface area contributed by atoms with Gasteiger partial charge in [-0.15, -0.1) is 0 Å². The number of nitrogens with one attached hydrogen (secondary N) is 2. The molecule has 1 fully saturated rings. The maximum Gasteiger partial charge on any atom is 0.234 e. The lowest BCUT2D eigenvalue weighted by Crippen LogP contribution is -2.47. The predicted octanol–water partition coefficient (Wildman–Crippen LogP) is 1.02. The van der Waals surface area contributed by atoms with Gasteiger partial charge in [0.1, 0.15) is 11.8 Å². The van der Waals surface area contributed by atoms with Crippen LogP contribution in [0.5, 0.6) is 0 Å². The van der Waals surface area contributed by atoms with Gasteiger partial charge in [-0.1, -0.05) is 12.1 Å². The number of rotatable bonds is 5. The first-order valence-corrected chi connectivity index (χ1v) is 9.39. The summed E-state index contributed by atoms with van der Waals surface area (Å²) in [5, 5.41) is 19.9. The molecule has 148 valence electrons. The molecule has 1 saturated heterocycles. The summed E-state index contributed by atoms with van der Waals surface area (Å²) in [6, 6.07) is 10.2. The Kier molecular flexibility index (Phi) is 5.01. The van der Waals surface area contributed by atoms with Gasteiger partial charge < -0.3 is 16.4 Å². The van der Waals surface area contributed by atoms with Crippen LogP contribution >= 0.6 is 0 Å². The summed E-state index contributed by atoms with van der Waals surface area (Å²) in [6.07, 6.45) is 1.63. The average Bonchev–Trinajstić information content (AvgIpc) is 3.03. The fourth-order valence-electron chi connectivity index (χ4n) is 3.81. The van der Waals surface area contributed by atoms with E-state index in [0.29, 0.717) is 31.0 Å². The first-order valence-electron chi connectivity index (χ1n) is 9.39. The van der Waals surface area contributed by atoms with E-state index in [1.165, 1.54) is 6.33 Å². The molecule has 0 radical (unpaired) electrons. The molecular formula is C20H22N8O. The highest BCUT2D eigenvalue weighted by atomic mass is 16.2. The van der Waals surface area contributed by atoms with Gasteiger partial charge in [-0.05, 0) is 23.3 Å². The molecule has 29 heavy (non-hydrogen) atoms. The van der Waals surface area contributed by atoms with Crippen molar-refractivity contribution < 1.29 is 4.79 Å². The Hall–Kier alpha value is -3.64. The Balaban J connectivity index is 1.90. The van der Waals surface area contributed by atoms with Crippen LogP contribution in [-0.4, -0.2) is 52.1 Å². The second-order valence-electron chi connectivity index (χ2n) is 6.93. The molecule has 0 spiro atoms. The van der Waals surface area contributed by atoms with E-state index in [-0.39, 0.29) is 12.3 Å². The number of nitriles is 1. The number of nitrogens with two attached hydrogens (primary N) is 1. The van der Waals surface area contributed by atoms with Gasteiger partial charge in [0, 0.05) is 37.9 Å². The van der Waals surface area contributed by atoms with Crippen molar-refractivity contribution in [3.63, 3.8) is 0 Å². The van der Waals surface area contributed by atoms with Gasteiger partial charge in [0.25, 0.3) is 0 Å². The van der Waals surface area contributed by atoms with Crippen LogP contribution in [0.3, 0.4) is 0 Å². The van der Waals surface area contributed by atoms with E-state index >= 15 is 0 Å². The third-order valence-electron chi connectivity index (χ3n) is 5.17. The summed E-state index contributed by atoms with van der Waals surface area (Å²) in [6.45, 7) is 2.14. The third-order valence-corrected chi connectivity index (χ3v) is 5.17. The Morgan fingerprint density at radius 3 is 2.83 bits per heavy atom. The number of amides is 1. The molecule has 2 aromatic heterocycles. The van der Waals surface area contributed by atoms with Crippen molar-refractivity contribution in [2.24, 2.45) is 0 Å². The van der Waals surface area contributed by atoms with Crippen molar-refractivity contribution in [2.45, 2.75) is 13.0 Å². The largest absolute Gasteiger partial charge is 0.388 e. The SMILES string of the molecule is CNc1ccc(-c2c(CC#N)c(CN3CCNC(=O)C3)n3ncnc(N)c23)cc1. The van der Waals surface area contributed by atoms with Crippen molar-refractivity contribution in [3.8, 4) is 17.2 Å². The maximum atomic E-state index is 11.8. The van der Waals surface area contributed by atoms with Crippen LogP contribution in [0.4, 0.5) is 11.5 Å². The van der Waals surface area contributed by atoms with Gasteiger partial charge in [0.05, 0.1) is 24.7 Å². The van der Waals surface area contributed by atoms with Crippen LogP contribution in [-0.2, 0) is 17.8 Å². The number of nitrogens with zero attached hydrogens (tertiary/aromatic N) is 5. The molecule has 3 heterocycles.